The number of rotatable bonds is 8. The van der Waals surface area contributed by atoms with Crippen LogP contribution in [0.1, 0.15) is 51.9 Å². The van der Waals surface area contributed by atoms with Gasteiger partial charge in [0.2, 0.25) is 0 Å². The third-order valence-electron chi connectivity index (χ3n) is 2.48. The van der Waals surface area contributed by atoms with Crippen molar-refractivity contribution in [3.05, 3.63) is 11.7 Å². The Morgan fingerprint density at radius 2 is 1.50 bits per heavy atom. The van der Waals surface area contributed by atoms with Crippen molar-refractivity contribution in [1.29, 1.82) is 0 Å². The first-order chi connectivity index (χ1) is 7.57. The molecule has 2 nitrogen and oxygen atoms in total. The lowest BCUT2D eigenvalue weighted by molar-refractivity contribution is -0.140. The molecule has 0 aliphatic rings. The van der Waals surface area contributed by atoms with Crippen LogP contribution < -0.4 is 0 Å². The largest absolute Gasteiger partial charge is 0.469 e. The number of carbonyl (C=O) groups excluding carboxylic acids is 1. The quantitative estimate of drug-likeness (QED) is 0.467. The number of hydrogen-bond donors (Lipinski definition) is 0. The van der Waals surface area contributed by atoms with Crippen molar-refractivity contribution >= 4 is 5.97 Å². The highest BCUT2D eigenvalue weighted by atomic mass is 19.3. The highest BCUT2D eigenvalue weighted by molar-refractivity contribution is 5.68. The number of ether oxygens (including phenoxy) is 1. The molecule has 0 rings (SSSR count). The lowest BCUT2D eigenvalue weighted by Crippen LogP contribution is -1.99. The summed E-state index contributed by atoms with van der Waals surface area (Å²) in [5, 5.41) is 0. The molecule has 0 aromatic heterocycles. The molecular weight excluding hydrogens is 214 g/mol. The van der Waals surface area contributed by atoms with Gasteiger partial charge in [0.15, 0.2) is 0 Å². The highest BCUT2D eigenvalue weighted by Crippen LogP contribution is 2.15. The first kappa shape index (κ1) is 15.1. The lowest BCUT2D eigenvalue weighted by atomic mass is 10.1. The van der Waals surface area contributed by atoms with Crippen molar-refractivity contribution < 1.29 is 18.3 Å². The highest BCUT2D eigenvalue weighted by Gasteiger charge is 2.01. The summed E-state index contributed by atoms with van der Waals surface area (Å²) in [5.41, 5.74) is 0.189. The SMILES string of the molecule is COC(=O)CCCCCCCC(C)=C(F)F. The minimum Gasteiger partial charge on any atom is -0.469 e. The summed E-state index contributed by atoms with van der Waals surface area (Å²) in [6, 6.07) is 0. The lowest BCUT2D eigenvalue weighted by Gasteiger charge is -2.01. The molecule has 0 saturated carbocycles. The molecule has 0 amide bonds. The molecule has 0 aromatic rings. The summed E-state index contributed by atoms with van der Waals surface area (Å²) in [7, 11) is 1.38. The Hall–Kier alpha value is -0.930. The van der Waals surface area contributed by atoms with Crippen LogP contribution in [-0.2, 0) is 9.53 Å². The van der Waals surface area contributed by atoms with E-state index in [-0.39, 0.29) is 11.5 Å². The van der Waals surface area contributed by atoms with Gasteiger partial charge in [0.05, 0.1) is 7.11 Å². The van der Waals surface area contributed by atoms with Crippen molar-refractivity contribution in [2.45, 2.75) is 51.9 Å². The average molecular weight is 234 g/mol. The van der Waals surface area contributed by atoms with Crippen molar-refractivity contribution in [3.8, 4) is 0 Å². The summed E-state index contributed by atoms with van der Waals surface area (Å²) in [6.07, 6.45) is 3.86. The van der Waals surface area contributed by atoms with Crippen LogP contribution in [0.3, 0.4) is 0 Å². The second kappa shape index (κ2) is 9.31. The van der Waals surface area contributed by atoms with E-state index in [1.807, 2.05) is 0 Å². The maximum atomic E-state index is 12.0. The van der Waals surface area contributed by atoms with Gasteiger partial charge in [-0.05, 0) is 31.8 Å². The van der Waals surface area contributed by atoms with Crippen molar-refractivity contribution in [2.75, 3.05) is 7.11 Å². The number of carbonyl (C=O) groups is 1. The molecule has 16 heavy (non-hydrogen) atoms. The van der Waals surface area contributed by atoms with Crippen LogP contribution >= 0.6 is 0 Å². The predicted molar refractivity (Wildman–Crippen MR) is 59.3 cm³/mol. The molecule has 0 heterocycles. The normalized spacial score (nSPS) is 10.0. The summed E-state index contributed by atoms with van der Waals surface area (Å²) in [4.78, 5) is 10.8. The van der Waals surface area contributed by atoms with E-state index < -0.39 is 6.08 Å². The molecule has 0 N–H and O–H groups in total. The number of methoxy groups -OCH3 is 1. The molecular formula is C12H20F2O2. The second-order valence-corrected chi connectivity index (χ2v) is 3.88. The standard InChI is InChI=1S/C12H20F2O2/c1-10(12(13)14)8-6-4-3-5-7-9-11(15)16-2/h3-9H2,1-2H3. The summed E-state index contributed by atoms with van der Waals surface area (Å²) in [6.45, 7) is 1.46. The van der Waals surface area contributed by atoms with Gasteiger partial charge in [0.1, 0.15) is 0 Å². The molecule has 0 saturated heterocycles. The van der Waals surface area contributed by atoms with Crippen LogP contribution in [0.5, 0.6) is 0 Å². The second-order valence-electron chi connectivity index (χ2n) is 3.88. The van der Waals surface area contributed by atoms with E-state index in [1.165, 1.54) is 14.0 Å². The maximum absolute atomic E-state index is 12.0. The van der Waals surface area contributed by atoms with Crippen LogP contribution in [0.4, 0.5) is 8.78 Å². The zero-order valence-electron chi connectivity index (χ0n) is 10.0. The first-order valence-electron chi connectivity index (χ1n) is 5.65. The van der Waals surface area contributed by atoms with Crippen molar-refractivity contribution in [3.63, 3.8) is 0 Å². The Balaban J connectivity index is 3.29. The molecule has 0 bridgehead atoms. The molecule has 0 atom stereocenters. The van der Waals surface area contributed by atoms with Gasteiger partial charge in [-0.3, -0.25) is 4.79 Å². The van der Waals surface area contributed by atoms with E-state index in [2.05, 4.69) is 4.74 Å². The van der Waals surface area contributed by atoms with Gasteiger partial charge < -0.3 is 4.74 Å². The van der Waals surface area contributed by atoms with Gasteiger partial charge in [-0.25, -0.2) is 0 Å². The first-order valence-corrected chi connectivity index (χ1v) is 5.65. The van der Waals surface area contributed by atoms with Gasteiger partial charge in [0, 0.05) is 6.42 Å². The van der Waals surface area contributed by atoms with Crippen LogP contribution in [0.25, 0.3) is 0 Å². The van der Waals surface area contributed by atoms with Crippen LogP contribution in [0.2, 0.25) is 0 Å². The van der Waals surface area contributed by atoms with Crippen molar-refractivity contribution in [2.24, 2.45) is 0 Å². The van der Waals surface area contributed by atoms with E-state index in [0.717, 1.165) is 32.1 Å². The molecule has 0 aliphatic carbocycles. The summed E-state index contributed by atoms with van der Waals surface area (Å²) in [5.74, 6) is -0.182. The monoisotopic (exact) mass is 234 g/mol. The molecule has 0 aliphatic heterocycles. The van der Waals surface area contributed by atoms with Gasteiger partial charge in [0.25, 0.3) is 6.08 Å². The Morgan fingerprint density at radius 1 is 1.00 bits per heavy atom. The molecule has 94 valence electrons. The number of hydrogen-bond acceptors (Lipinski definition) is 2. The van der Waals surface area contributed by atoms with Crippen LogP contribution in [0, 0.1) is 0 Å². The Morgan fingerprint density at radius 3 is 2.00 bits per heavy atom. The smallest absolute Gasteiger partial charge is 0.305 e. The summed E-state index contributed by atoms with van der Waals surface area (Å²) >= 11 is 0. The van der Waals surface area contributed by atoms with E-state index in [0.29, 0.717) is 12.8 Å². The van der Waals surface area contributed by atoms with E-state index >= 15 is 0 Å². The van der Waals surface area contributed by atoms with Crippen LogP contribution in [-0.4, -0.2) is 13.1 Å². The molecule has 0 spiro atoms. The maximum Gasteiger partial charge on any atom is 0.305 e. The van der Waals surface area contributed by atoms with E-state index in [1.54, 1.807) is 0 Å². The van der Waals surface area contributed by atoms with Crippen LogP contribution in [0.15, 0.2) is 11.7 Å². The molecule has 0 aromatic carbocycles. The fourth-order valence-electron chi connectivity index (χ4n) is 1.39. The number of allylic oxidation sites excluding steroid dienone is 1. The minimum atomic E-state index is -1.55. The summed E-state index contributed by atoms with van der Waals surface area (Å²) < 4.78 is 28.5. The van der Waals surface area contributed by atoms with Gasteiger partial charge in [-0.2, -0.15) is 8.78 Å². The minimum absolute atomic E-state index is 0.182. The zero-order chi connectivity index (χ0) is 12.4. The molecule has 4 heteroatoms. The van der Waals surface area contributed by atoms with Gasteiger partial charge in [-0.15, -0.1) is 0 Å². The number of unbranched alkanes of at least 4 members (excludes halogenated alkanes) is 4. The van der Waals surface area contributed by atoms with Crippen molar-refractivity contribution in [1.82, 2.24) is 0 Å². The topological polar surface area (TPSA) is 26.3 Å². The Labute approximate surface area is 95.7 Å². The van der Waals surface area contributed by atoms with Gasteiger partial charge in [-0.1, -0.05) is 19.3 Å². The van der Waals surface area contributed by atoms with Gasteiger partial charge >= 0.3 is 5.97 Å². The predicted octanol–water partition coefficient (Wildman–Crippen LogP) is 4.06. The third-order valence-corrected chi connectivity index (χ3v) is 2.48. The van der Waals surface area contributed by atoms with E-state index in [4.69, 9.17) is 0 Å². The molecule has 0 radical (unpaired) electrons. The molecule has 0 unspecified atom stereocenters. The number of esters is 1. The zero-order valence-corrected chi connectivity index (χ0v) is 10.0. The fourth-order valence-corrected chi connectivity index (χ4v) is 1.39. The molecule has 0 fully saturated rings. The van der Waals surface area contributed by atoms with E-state index in [9.17, 15) is 13.6 Å². The number of halogens is 2. The third kappa shape index (κ3) is 8.38. The average Bonchev–Trinajstić information content (AvgIpc) is 2.26. The Kier molecular flexibility index (Phi) is 8.77. The Bertz CT molecular complexity index is 233. The fraction of sp³-hybridized carbons (Fsp3) is 0.750.